The highest BCUT2D eigenvalue weighted by Crippen LogP contribution is 2.43. The Balaban J connectivity index is 1.50. The van der Waals surface area contributed by atoms with Crippen molar-refractivity contribution in [3.63, 3.8) is 0 Å². The zero-order valence-corrected chi connectivity index (χ0v) is 25.1. The van der Waals surface area contributed by atoms with Crippen LogP contribution in [-0.4, -0.2) is 44.2 Å². The standard InChI is InChI=1S/C33H25F3N4O4S/c1-37-33(41)30-22-14-21(25-10-7-17-11-12-40-26-6-4-5-23(35)20(26)15-28(40)31(17)38-25)27(39(2)45(3,42)43)16-29(22)44-32(30)19-9-8-18(34)13-24(19)36/h4-10,13-16H,11-12H2,1-3H3,(H,37,41). The number of halogens is 3. The second kappa shape index (κ2) is 10.2. The molecule has 45 heavy (non-hydrogen) atoms. The van der Waals surface area contributed by atoms with Gasteiger partial charge in [0.25, 0.3) is 5.91 Å². The van der Waals surface area contributed by atoms with Gasteiger partial charge >= 0.3 is 0 Å². The van der Waals surface area contributed by atoms with Crippen LogP contribution in [0.25, 0.3) is 55.8 Å². The van der Waals surface area contributed by atoms with E-state index in [1.54, 1.807) is 24.3 Å². The Morgan fingerprint density at radius 2 is 1.78 bits per heavy atom. The van der Waals surface area contributed by atoms with E-state index in [-0.39, 0.29) is 39.4 Å². The first-order valence-corrected chi connectivity index (χ1v) is 15.8. The van der Waals surface area contributed by atoms with Crippen molar-refractivity contribution in [2.24, 2.45) is 0 Å². The molecule has 0 bridgehead atoms. The molecule has 0 fully saturated rings. The monoisotopic (exact) mass is 630 g/mol. The molecule has 0 saturated carbocycles. The van der Waals surface area contributed by atoms with Crippen LogP contribution in [0.15, 0.2) is 71.1 Å². The van der Waals surface area contributed by atoms with Gasteiger partial charge in [0.1, 0.15) is 23.0 Å². The van der Waals surface area contributed by atoms with E-state index in [1.165, 1.54) is 32.3 Å². The maximum atomic E-state index is 14.9. The number of hydrogen-bond donors (Lipinski definition) is 1. The molecule has 7 rings (SSSR count). The number of carbonyl (C=O) groups excluding carboxylic acids is 1. The van der Waals surface area contributed by atoms with E-state index in [2.05, 4.69) is 5.32 Å². The molecule has 0 radical (unpaired) electrons. The van der Waals surface area contributed by atoms with E-state index in [9.17, 15) is 26.4 Å². The summed E-state index contributed by atoms with van der Waals surface area (Å²) in [5.41, 5.74) is 3.93. The fourth-order valence-corrected chi connectivity index (χ4v) is 6.48. The number of aromatic nitrogens is 2. The van der Waals surface area contributed by atoms with Gasteiger partial charge in [-0.25, -0.2) is 26.6 Å². The van der Waals surface area contributed by atoms with Gasteiger partial charge in [-0.1, -0.05) is 12.1 Å². The molecule has 0 aliphatic carbocycles. The topological polar surface area (TPSA) is 97.4 Å². The number of carbonyl (C=O) groups is 1. The van der Waals surface area contributed by atoms with Gasteiger partial charge in [-0.05, 0) is 54.4 Å². The minimum atomic E-state index is -3.79. The largest absolute Gasteiger partial charge is 0.455 e. The van der Waals surface area contributed by atoms with E-state index in [0.29, 0.717) is 41.4 Å². The number of hydrogen-bond acceptors (Lipinski definition) is 5. The molecule has 0 spiro atoms. The lowest BCUT2D eigenvalue weighted by Gasteiger charge is -2.23. The number of pyridine rings is 1. The molecule has 1 amide bonds. The Kier molecular flexibility index (Phi) is 6.52. The third kappa shape index (κ3) is 4.55. The number of sulfonamides is 1. The molecule has 0 unspecified atom stereocenters. The molecule has 12 heteroatoms. The summed E-state index contributed by atoms with van der Waals surface area (Å²) in [5, 5.41) is 3.28. The Morgan fingerprint density at radius 1 is 0.978 bits per heavy atom. The number of nitrogens with zero attached hydrogens (tertiary/aromatic N) is 3. The second-order valence-corrected chi connectivity index (χ2v) is 12.9. The van der Waals surface area contributed by atoms with Gasteiger partial charge in [-0.2, -0.15) is 0 Å². The van der Waals surface area contributed by atoms with Crippen molar-refractivity contribution in [3.8, 4) is 34.0 Å². The van der Waals surface area contributed by atoms with E-state index in [0.717, 1.165) is 33.4 Å². The average Bonchev–Trinajstić information content (AvgIpc) is 3.58. The molecule has 1 N–H and O–H groups in total. The van der Waals surface area contributed by atoms with Crippen molar-refractivity contribution >= 4 is 43.5 Å². The molecule has 6 aromatic rings. The van der Waals surface area contributed by atoms with Crippen molar-refractivity contribution < 1.29 is 30.8 Å². The summed E-state index contributed by atoms with van der Waals surface area (Å²) >= 11 is 0. The van der Waals surface area contributed by atoms with Crippen molar-refractivity contribution in [2.75, 3.05) is 24.7 Å². The lowest BCUT2D eigenvalue weighted by Crippen LogP contribution is -2.25. The third-order valence-corrected chi connectivity index (χ3v) is 9.46. The first-order chi connectivity index (χ1) is 21.5. The fourth-order valence-electron chi connectivity index (χ4n) is 5.97. The number of fused-ring (bicyclic) bond motifs is 6. The predicted octanol–water partition coefficient (Wildman–Crippen LogP) is 6.51. The number of anilines is 1. The summed E-state index contributed by atoms with van der Waals surface area (Å²) in [7, 11) is -1.01. The molecule has 8 nitrogen and oxygen atoms in total. The SMILES string of the molecule is CNC(=O)c1c(-c2ccc(F)cc2F)oc2cc(N(C)S(C)(=O)=O)c(-c3ccc4c(n3)-c3cc5c(F)cccc5n3CC4)cc12. The van der Waals surface area contributed by atoms with Crippen LogP contribution in [-0.2, 0) is 23.0 Å². The summed E-state index contributed by atoms with van der Waals surface area (Å²) < 4.78 is 78.1. The van der Waals surface area contributed by atoms with E-state index < -0.39 is 27.6 Å². The lowest BCUT2D eigenvalue weighted by molar-refractivity contribution is 0.0964. The first kappa shape index (κ1) is 28.7. The summed E-state index contributed by atoms with van der Waals surface area (Å²) in [6.07, 6.45) is 1.70. The molecule has 228 valence electrons. The zero-order chi connectivity index (χ0) is 31.8. The Bertz CT molecular complexity index is 2330. The highest BCUT2D eigenvalue weighted by molar-refractivity contribution is 7.92. The third-order valence-electron chi connectivity index (χ3n) is 8.27. The zero-order valence-electron chi connectivity index (χ0n) is 24.3. The van der Waals surface area contributed by atoms with Gasteiger partial charge in [0.05, 0.1) is 45.7 Å². The number of furan rings is 1. The van der Waals surface area contributed by atoms with Crippen molar-refractivity contribution in [1.82, 2.24) is 14.9 Å². The first-order valence-electron chi connectivity index (χ1n) is 14.0. The fraction of sp³-hybridized carbons (Fsp3) is 0.152. The van der Waals surface area contributed by atoms with Crippen molar-refractivity contribution in [3.05, 3.63) is 95.3 Å². The smallest absolute Gasteiger partial charge is 0.255 e. The van der Waals surface area contributed by atoms with Crippen molar-refractivity contribution in [2.45, 2.75) is 13.0 Å². The van der Waals surface area contributed by atoms with Crippen LogP contribution >= 0.6 is 0 Å². The Hall–Kier alpha value is -5.10. The molecule has 0 atom stereocenters. The molecule has 1 aliphatic rings. The van der Waals surface area contributed by atoms with Gasteiger partial charge in [0.15, 0.2) is 5.76 Å². The van der Waals surface area contributed by atoms with Crippen LogP contribution in [0.1, 0.15) is 15.9 Å². The summed E-state index contributed by atoms with van der Waals surface area (Å²) in [4.78, 5) is 18.2. The van der Waals surface area contributed by atoms with E-state index >= 15 is 0 Å². The molecule has 3 aromatic heterocycles. The molecular formula is C33H25F3N4O4S. The number of rotatable bonds is 5. The maximum Gasteiger partial charge on any atom is 0.255 e. The van der Waals surface area contributed by atoms with Crippen LogP contribution in [0.3, 0.4) is 0 Å². The average molecular weight is 631 g/mol. The van der Waals surface area contributed by atoms with Crippen molar-refractivity contribution in [1.29, 1.82) is 0 Å². The quantitative estimate of drug-likeness (QED) is 0.234. The minimum absolute atomic E-state index is 0.0126. The van der Waals surface area contributed by atoms with Gasteiger partial charge in [-0.15, -0.1) is 0 Å². The Morgan fingerprint density at radius 3 is 2.51 bits per heavy atom. The summed E-state index contributed by atoms with van der Waals surface area (Å²) in [5.74, 6) is -2.81. The van der Waals surface area contributed by atoms with E-state index in [4.69, 9.17) is 9.40 Å². The second-order valence-electron chi connectivity index (χ2n) is 10.9. The molecular weight excluding hydrogens is 605 g/mol. The number of nitrogens with one attached hydrogen (secondary N) is 1. The van der Waals surface area contributed by atoms with E-state index in [1.807, 2.05) is 16.7 Å². The van der Waals surface area contributed by atoms with Gasteiger partial charge in [-0.3, -0.25) is 9.10 Å². The lowest BCUT2D eigenvalue weighted by atomic mass is 9.98. The van der Waals surface area contributed by atoms with Gasteiger partial charge in [0.2, 0.25) is 10.0 Å². The summed E-state index contributed by atoms with van der Waals surface area (Å²) in [6, 6.07) is 16.3. The highest BCUT2D eigenvalue weighted by Gasteiger charge is 2.28. The normalized spacial score (nSPS) is 12.8. The Labute approximate surface area is 255 Å². The molecule has 4 heterocycles. The van der Waals surface area contributed by atoms with Crippen LogP contribution < -0.4 is 9.62 Å². The molecule has 0 saturated heterocycles. The van der Waals surface area contributed by atoms with Crippen LogP contribution in [0.5, 0.6) is 0 Å². The number of benzene rings is 3. The maximum absolute atomic E-state index is 14.9. The number of aryl methyl sites for hydroxylation is 2. The number of amides is 1. The van der Waals surface area contributed by atoms with Gasteiger partial charge in [0, 0.05) is 49.1 Å². The molecule has 1 aliphatic heterocycles. The predicted molar refractivity (Wildman–Crippen MR) is 166 cm³/mol. The van der Waals surface area contributed by atoms with Gasteiger partial charge < -0.3 is 14.3 Å². The molecule has 3 aromatic carbocycles. The summed E-state index contributed by atoms with van der Waals surface area (Å²) in [6.45, 7) is 0.636. The highest BCUT2D eigenvalue weighted by atomic mass is 32.2. The van der Waals surface area contributed by atoms with Crippen LogP contribution in [0, 0.1) is 17.5 Å². The minimum Gasteiger partial charge on any atom is -0.455 e. The van der Waals surface area contributed by atoms with Crippen LogP contribution in [0.4, 0.5) is 18.9 Å². The van der Waals surface area contributed by atoms with Crippen LogP contribution in [0.2, 0.25) is 0 Å².